The number of halogens is 2. The fourth-order valence-electron chi connectivity index (χ4n) is 0.887. The van der Waals surface area contributed by atoms with Gasteiger partial charge in [-0.15, -0.1) is 11.8 Å². The Morgan fingerprint density at radius 2 is 2.14 bits per heavy atom. The Balaban J connectivity index is 2.55. The first-order valence-electron chi connectivity index (χ1n) is 3.83. The highest BCUT2D eigenvalue weighted by Crippen LogP contribution is 2.24. The van der Waals surface area contributed by atoms with Crippen molar-refractivity contribution in [2.75, 3.05) is 5.75 Å². The number of carbonyl (C=O) groups is 1. The van der Waals surface area contributed by atoms with Crippen LogP contribution in [0.4, 0.5) is 0 Å². The smallest absolute Gasteiger partial charge is 0.313 e. The van der Waals surface area contributed by atoms with Crippen molar-refractivity contribution >= 4 is 40.9 Å². The maximum atomic E-state index is 10.3. The van der Waals surface area contributed by atoms with Crippen LogP contribution in [-0.2, 0) is 10.5 Å². The Morgan fingerprint density at radius 3 is 2.71 bits per heavy atom. The van der Waals surface area contributed by atoms with Crippen LogP contribution in [0.25, 0.3) is 0 Å². The van der Waals surface area contributed by atoms with E-state index in [1.165, 1.54) is 11.8 Å². The van der Waals surface area contributed by atoms with Gasteiger partial charge in [-0.05, 0) is 17.7 Å². The van der Waals surface area contributed by atoms with Gasteiger partial charge in [-0.25, -0.2) is 0 Å². The summed E-state index contributed by atoms with van der Waals surface area (Å²) < 4.78 is 0. The second-order valence-corrected chi connectivity index (χ2v) is 4.45. The summed E-state index contributed by atoms with van der Waals surface area (Å²) in [5, 5.41) is 9.59. The molecular weight excluding hydrogens is 243 g/mol. The van der Waals surface area contributed by atoms with Gasteiger partial charge in [0.15, 0.2) is 0 Å². The standard InChI is InChI=1S/C9H8Cl2O2S/c10-7-2-1-6(8(11)3-7)4-14-5-9(12)13/h1-3H,4-5H2,(H,12,13). The lowest BCUT2D eigenvalue weighted by Crippen LogP contribution is -1.98. The summed E-state index contributed by atoms with van der Waals surface area (Å²) in [5.74, 6) is -0.151. The van der Waals surface area contributed by atoms with E-state index in [2.05, 4.69) is 0 Å². The number of hydrogen-bond acceptors (Lipinski definition) is 2. The van der Waals surface area contributed by atoms with Crippen LogP contribution in [0, 0.1) is 0 Å². The van der Waals surface area contributed by atoms with Crippen molar-refractivity contribution in [1.82, 2.24) is 0 Å². The lowest BCUT2D eigenvalue weighted by atomic mass is 10.2. The molecule has 0 heterocycles. The molecular formula is C9H8Cl2O2S. The Bertz CT molecular complexity index is 342. The summed E-state index contributed by atoms with van der Waals surface area (Å²) in [6, 6.07) is 5.20. The van der Waals surface area contributed by atoms with E-state index >= 15 is 0 Å². The van der Waals surface area contributed by atoms with Crippen LogP contribution >= 0.6 is 35.0 Å². The minimum atomic E-state index is -0.819. The largest absolute Gasteiger partial charge is 0.481 e. The van der Waals surface area contributed by atoms with Gasteiger partial charge in [0.1, 0.15) is 0 Å². The van der Waals surface area contributed by atoms with E-state index in [1.54, 1.807) is 18.2 Å². The molecule has 0 aromatic heterocycles. The molecule has 0 aliphatic heterocycles. The van der Waals surface area contributed by atoms with Gasteiger partial charge < -0.3 is 5.11 Å². The zero-order chi connectivity index (χ0) is 10.6. The molecule has 14 heavy (non-hydrogen) atoms. The fourth-order valence-corrected chi connectivity index (χ4v) is 2.19. The maximum Gasteiger partial charge on any atom is 0.313 e. The molecule has 0 radical (unpaired) electrons. The normalized spacial score (nSPS) is 10.1. The Morgan fingerprint density at radius 1 is 1.43 bits per heavy atom. The van der Waals surface area contributed by atoms with Crippen LogP contribution in [0.2, 0.25) is 10.0 Å². The highest BCUT2D eigenvalue weighted by atomic mass is 35.5. The lowest BCUT2D eigenvalue weighted by Gasteiger charge is -2.02. The topological polar surface area (TPSA) is 37.3 Å². The molecule has 0 saturated carbocycles. The molecule has 0 unspecified atom stereocenters. The second kappa shape index (κ2) is 5.49. The highest BCUT2D eigenvalue weighted by molar-refractivity contribution is 7.99. The number of thioether (sulfide) groups is 1. The van der Waals surface area contributed by atoms with Crippen molar-refractivity contribution in [2.45, 2.75) is 5.75 Å². The molecule has 0 fully saturated rings. The summed E-state index contributed by atoms with van der Waals surface area (Å²) in [5.41, 5.74) is 0.905. The minimum Gasteiger partial charge on any atom is -0.481 e. The molecule has 0 aliphatic rings. The number of rotatable bonds is 4. The maximum absolute atomic E-state index is 10.3. The number of benzene rings is 1. The van der Waals surface area contributed by atoms with Gasteiger partial charge in [-0.1, -0.05) is 29.3 Å². The molecule has 1 aromatic rings. The molecule has 0 spiro atoms. The van der Waals surface area contributed by atoms with Gasteiger partial charge in [0.05, 0.1) is 5.75 Å². The molecule has 0 bridgehead atoms. The van der Waals surface area contributed by atoms with E-state index < -0.39 is 5.97 Å². The molecule has 1 aromatic carbocycles. The summed E-state index contributed by atoms with van der Waals surface area (Å²) in [6.45, 7) is 0. The van der Waals surface area contributed by atoms with Crippen molar-refractivity contribution in [3.8, 4) is 0 Å². The molecule has 0 aliphatic carbocycles. The van der Waals surface area contributed by atoms with Crippen LogP contribution in [0.1, 0.15) is 5.56 Å². The van der Waals surface area contributed by atoms with Crippen molar-refractivity contribution in [3.05, 3.63) is 33.8 Å². The van der Waals surface area contributed by atoms with Crippen molar-refractivity contribution in [3.63, 3.8) is 0 Å². The predicted molar refractivity (Wildman–Crippen MR) is 60.3 cm³/mol. The van der Waals surface area contributed by atoms with Gasteiger partial charge in [0, 0.05) is 15.8 Å². The molecule has 0 atom stereocenters. The number of carboxylic acid groups (broad SMARTS) is 1. The summed E-state index contributed by atoms with van der Waals surface area (Å²) in [7, 11) is 0. The van der Waals surface area contributed by atoms with Gasteiger partial charge >= 0.3 is 5.97 Å². The second-order valence-electron chi connectivity index (χ2n) is 2.62. The van der Waals surface area contributed by atoms with Crippen LogP contribution in [0.5, 0.6) is 0 Å². The third-order valence-corrected chi connectivity index (χ3v) is 3.05. The monoisotopic (exact) mass is 250 g/mol. The SMILES string of the molecule is O=C(O)CSCc1ccc(Cl)cc1Cl. The zero-order valence-electron chi connectivity index (χ0n) is 7.17. The van der Waals surface area contributed by atoms with E-state index in [9.17, 15) is 4.79 Å². The fraction of sp³-hybridized carbons (Fsp3) is 0.222. The molecule has 1 rings (SSSR count). The first kappa shape index (κ1) is 11.7. The van der Waals surface area contributed by atoms with Crippen molar-refractivity contribution < 1.29 is 9.90 Å². The van der Waals surface area contributed by atoms with Gasteiger partial charge in [-0.3, -0.25) is 4.79 Å². The molecule has 76 valence electrons. The summed E-state index contributed by atoms with van der Waals surface area (Å²) >= 11 is 12.9. The highest BCUT2D eigenvalue weighted by Gasteiger charge is 2.03. The minimum absolute atomic E-state index is 0.0823. The molecule has 5 heteroatoms. The average molecular weight is 251 g/mol. The van der Waals surface area contributed by atoms with Gasteiger partial charge in [-0.2, -0.15) is 0 Å². The zero-order valence-corrected chi connectivity index (χ0v) is 9.49. The van der Waals surface area contributed by atoms with Gasteiger partial charge in [0.2, 0.25) is 0 Å². The molecule has 0 saturated heterocycles. The molecule has 1 N–H and O–H groups in total. The van der Waals surface area contributed by atoms with Gasteiger partial charge in [0.25, 0.3) is 0 Å². The van der Waals surface area contributed by atoms with Crippen LogP contribution < -0.4 is 0 Å². The van der Waals surface area contributed by atoms with Crippen LogP contribution in [-0.4, -0.2) is 16.8 Å². The van der Waals surface area contributed by atoms with Crippen molar-refractivity contribution in [1.29, 1.82) is 0 Å². The summed E-state index contributed by atoms with van der Waals surface area (Å²) in [6.07, 6.45) is 0. The summed E-state index contributed by atoms with van der Waals surface area (Å²) in [4.78, 5) is 10.3. The van der Waals surface area contributed by atoms with E-state index in [1.807, 2.05) is 0 Å². The van der Waals surface area contributed by atoms with Crippen molar-refractivity contribution in [2.24, 2.45) is 0 Å². The number of aliphatic carboxylic acids is 1. The first-order valence-corrected chi connectivity index (χ1v) is 5.74. The van der Waals surface area contributed by atoms with Crippen LogP contribution in [0.15, 0.2) is 18.2 Å². The number of carboxylic acids is 1. The van der Waals surface area contributed by atoms with E-state index in [-0.39, 0.29) is 5.75 Å². The molecule has 0 amide bonds. The molecule has 2 nitrogen and oxygen atoms in total. The average Bonchev–Trinajstić information content (AvgIpc) is 2.08. The van der Waals surface area contributed by atoms with E-state index in [0.717, 1.165) is 5.56 Å². The lowest BCUT2D eigenvalue weighted by molar-refractivity contribution is -0.133. The first-order chi connectivity index (χ1) is 6.59. The Labute approximate surface area is 96.2 Å². The third kappa shape index (κ3) is 3.78. The Kier molecular flexibility index (Phi) is 4.58. The quantitative estimate of drug-likeness (QED) is 0.891. The van der Waals surface area contributed by atoms with E-state index in [4.69, 9.17) is 28.3 Å². The number of hydrogen-bond donors (Lipinski definition) is 1. The van der Waals surface area contributed by atoms with E-state index in [0.29, 0.717) is 15.8 Å². The predicted octanol–water partition coefficient (Wildman–Crippen LogP) is 3.31. The van der Waals surface area contributed by atoms with Crippen LogP contribution in [0.3, 0.4) is 0 Å². The Hall–Kier alpha value is -0.380. The third-order valence-electron chi connectivity index (χ3n) is 1.50.